The fraction of sp³-hybridized carbons (Fsp3) is 0.700. The summed E-state index contributed by atoms with van der Waals surface area (Å²) in [6, 6.07) is 11.1. The van der Waals surface area contributed by atoms with Crippen LogP contribution in [0.25, 0.3) is 0 Å². The SMILES string of the molecule is CC1(C)COCCOCCOc2cc(N=Nc3ccc4c(c3)OCCOCCOCC(C)(C)COCC(C)(C)CO4)ccc2OCC(C)(C)COC1. The van der Waals surface area contributed by atoms with Crippen molar-refractivity contribution in [1.82, 2.24) is 0 Å². The maximum Gasteiger partial charge on any atom is 0.163 e. The first-order valence-electron chi connectivity index (χ1n) is 18.4. The zero-order valence-electron chi connectivity index (χ0n) is 32.8. The van der Waals surface area contributed by atoms with E-state index in [2.05, 4.69) is 65.6 Å². The van der Waals surface area contributed by atoms with Crippen molar-refractivity contribution in [1.29, 1.82) is 0 Å². The van der Waals surface area contributed by atoms with Gasteiger partial charge in [0.25, 0.3) is 0 Å². The lowest BCUT2D eigenvalue weighted by Gasteiger charge is -2.29. The summed E-state index contributed by atoms with van der Waals surface area (Å²) in [5, 5.41) is 9.05. The van der Waals surface area contributed by atoms with Crippen LogP contribution in [0.15, 0.2) is 46.6 Å². The van der Waals surface area contributed by atoms with E-state index in [1.807, 2.05) is 36.4 Å². The van der Waals surface area contributed by atoms with E-state index in [0.717, 1.165) is 0 Å². The molecule has 0 atom stereocenters. The van der Waals surface area contributed by atoms with Crippen LogP contribution in [0.2, 0.25) is 0 Å². The summed E-state index contributed by atoms with van der Waals surface area (Å²) in [5.74, 6) is 2.35. The van der Waals surface area contributed by atoms with Gasteiger partial charge in [0.05, 0.1) is 104 Å². The van der Waals surface area contributed by atoms with Crippen LogP contribution in [-0.2, 0) is 28.4 Å². The zero-order chi connectivity index (χ0) is 37.5. The van der Waals surface area contributed by atoms with Crippen LogP contribution in [0.5, 0.6) is 23.0 Å². The smallest absolute Gasteiger partial charge is 0.163 e. The second-order valence-electron chi connectivity index (χ2n) is 16.7. The molecule has 2 aromatic rings. The van der Waals surface area contributed by atoms with Gasteiger partial charge in [0.15, 0.2) is 23.0 Å². The average molecular weight is 731 g/mol. The highest BCUT2D eigenvalue weighted by molar-refractivity contribution is 5.54. The van der Waals surface area contributed by atoms with Gasteiger partial charge in [-0.15, -0.1) is 0 Å². The van der Waals surface area contributed by atoms with Crippen molar-refractivity contribution < 1.29 is 47.4 Å². The van der Waals surface area contributed by atoms with Crippen molar-refractivity contribution in [2.45, 2.75) is 55.4 Å². The van der Waals surface area contributed by atoms with E-state index in [4.69, 9.17) is 47.4 Å². The van der Waals surface area contributed by atoms with Crippen LogP contribution in [0.1, 0.15) is 55.4 Å². The first-order chi connectivity index (χ1) is 24.7. The zero-order valence-corrected chi connectivity index (χ0v) is 32.8. The van der Waals surface area contributed by atoms with Gasteiger partial charge in [-0.05, 0) is 24.3 Å². The predicted molar refractivity (Wildman–Crippen MR) is 199 cm³/mol. The van der Waals surface area contributed by atoms with Gasteiger partial charge in [0.2, 0.25) is 0 Å². The minimum atomic E-state index is -0.228. The van der Waals surface area contributed by atoms with Gasteiger partial charge in [-0.3, -0.25) is 0 Å². The first-order valence-corrected chi connectivity index (χ1v) is 18.4. The summed E-state index contributed by atoms with van der Waals surface area (Å²) in [4.78, 5) is 0. The molecular weight excluding hydrogens is 668 g/mol. The Morgan fingerprint density at radius 1 is 0.346 bits per heavy atom. The fourth-order valence-corrected chi connectivity index (χ4v) is 5.18. The Labute approximate surface area is 310 Å². The van der Waals surface area contributed by atoms with Crippen LogP contribution in [0, 0.1) is 21.7 Å². The van der Waals surface area contributed by atoms with Gasteiger partial charge in [0.1, 0.15) is 13.2 Å². The van der Waals surface area contributed by atoms with Crippen LogP contribution in [-0.4, -0.2) is 106 Å². The number of rotatable bonds is 2. The van der Waals surface area contributed by atoms with E-state index in [1.165, 1.54) is 0 Å². The predicted octanol–water partition coefficient (Wildman–Crippen LogP) is 7.85. The molecule has 52 heavy (non-hydrogen) atoms. The highest BCUT2D eigenvalue weighted by Gasteiger charge is 2.26. The summed E-state index contributed by atoms with van der Waals surface area (Å²) < 4.78 is 60.2. The van der Waals surface area contributed by atoms with E-state index in [9.17, 15) is 0 Å². The average Bonchev–Trinajstić information content (AvgIpc) is 3.07. The molecule has 0 N–H and O–H groups in total. The van der Waals surface area contributed by atoms with Crippen LogP contribution >= 0.6 is 0 Å². The van der Waals surface area contributed by atoms with Crippen molar-refractivity contribution in [3.63, 3.8) is 0 Å². The minimum absolute atomic E-state index is 0.101. The molecule has 2 aromatic carbocycles. The van der Waals surface area contributed by atoms with E-state index >= 15 is 0 Å². The largest absolute Gasteiger partial charge is 0.489 e. The Kier molecular flexibility index (Phi) is 16.0. The molecule has 4 rings (SSSR count). The third-order valence-electron chi connectivity index (χ3n) is 8.04. The lowest BCUT2D eigenvalue weighted by atomic mass is 9.94. The van der Waals surface area contributed by atoms with Crippen molar-refractivity contribution in [2.75, 3.05) is 106 Å². The molecule has 0 fully saturated rings. The van der Waals surface area contributed by atoms with Gasteiger partial charge in [0, 0.05) is 33.8 Å². The van der Waals surface area contributed by atoms with E-state index in [0.29, 0.717) is 140 Å². The molecular formula is C40H62N2O10. The van der Waals surface area contributed by atoms with E-state index < -0.39 is 0 Å². The molecule has 0 unspecified atom stereocenters. The monoisotopic (exact) mass is 730 g/mol. The molecule has 0 spiro atoms. The number of azo groups is 1. The first kappa shape index (κ1) is 41.8. The van der Waals surface area contributed by atoms with Gasteiger partial charge in [-0.25, -0.2) is 0 Å². The molecule has 2 aliphatic rings. The lowest BCUT2D eigenvalue weighted by Crippen LogP contribution is -2.32. The van der Waals surface area contributed by atoms with Gasteiger partial charge < -0.3 is 47.4 Å². The standard InChI is InChI=1S/C40H62N2O10/c1-37(2)23-45-15-13-43-17-19-49-35-21-31(9-11-33(35)51-29-39(5,6)27-47-25-37)41-42-32-10-12-34-36(22-32)50-20-18-44-14-16-46-24-38(3,4)26-48-28-40(7,8)30-52-34/h9-12,21-22H,13-20,23-30H2,1-8H3. The molecule has 12 heteroatoms. The maximum atomic E-state index is 6.28. The molecule has 0 bridgehead atoms. The quantitative estimate of drug-likeness (QED) is 0.283. The van der Waals surface area contributed by atoms with Crippen molar-refractivity contribution in [2.24, 2.45) is 31.9 Å². The van der Waals surface area contributed by atoms with Gasteiger partial charge in [-0.2, -0.15) is 10.2 Å². The van der Waals surface area contributed by atoms with Gasteiger partial charge >= 0.3 is 0 Å². The Morgan fingerprint density at radius 3 is 1.08 bits per heavy atom. The number of benzene rings is 2. The molecule has 0 aliphatic carbocycles. The Morgan fingerprint density at radius 2 is 0.673 bits per heavy atom. The molecule has 0 saturated heterocycles. The highest BCUT2D eigenvalue weighted by atomic mass is 16.6. The molecule has 0 aromatic heterocycles. The van der Waals surface area contributed by atoms with Crippen molar-refractivity contribution >= 4 is 11.4 Å². The lowest BCUT2D eigenvalue weighted by molar-refractivity contribution is -0.0420. The molecule has 0 radical (unpaired) electrons. The van der Waals surface area contributed by atoms with E-state index in [-0.39, 0.29) is 21.7 Å². The van der Waals surface area contributed by atoms with Crippen molar-refractivity contribution in [3.8, 4) is 23.0 Å². The number of nitrogens with zero attached hydrogens (tertiary/aromatic N) is 2. The molecule has 0 saturated carbocycles. The number of hydrogen-bond donors (Lipinski definition) is 0. The van der Waals surface area contributed by atoms with Gasteiger partial charge in [-0.1, -0.05) is 55.4 Å². The molecule has 292 valence electrons. The Balaban J connectivity index is 1.47. The van der Waals surface area contributed by atoms with E-state index in [1.54, 1.807) is 0 Å². The van der Waals surface area contributed by atoms with Crippen molar-refractivity contribution in [3.05, 3.63) is 36.4 Å². The summed E-state index contributed by atoms with van der Waals surface area (Å²) in [6.07, 6.45) is 0. The topological polar surface area (TPSA) is 117 Å². The second kappa shape index (κ2) is 19.9. The summed E-state index contributed by atoms with van der Waals surface area (Å²) >= 11 is 0. The molecule has 12 nitrogen and oxygen atoms in total. The third-order valence-corrected chi connectivity index (χ3v) is 8.04. The maximum absolute atomic E-state index is 6.28. The minimum Gasteiger partial charge on any atom is -0.489 e. The second-order valence-corrected chi connectivity index (χ2v) is 16.7. The van der Waals surface area contributed by atoms with Crippen LogP contribution in [0.4, 0.5) is 11.4 Å². The Bertz CT molecular complexity index is 1290. The Hall–Kier alpha value is -3.00. The van der Waals surface area contributed by atoms with Crippen LogP contribution in [0.3, 0.4) is 0 Å². The molecule has 2 heterocycles. The third kappa shape index (κ3) is 15.5. The molecule has 0 amide bonds. The number of hydrogen-bond acceptors (Lipinski definition) is 12. The molecule has 2 aliphatic heterocycles. The number of ether oxygens (including phenoxy) is 10. The highest BCUT2D eigenvalue weighted by Crippen LogP contribution is 2.36. The van der Waals surface area contributed by atoms with Crippen LogP contribution < -0.4 is 18.9 Å². The summed E-state index contributed by atoms with van der Waals surface area (Å²) in [7, 11) is 0. The normalized spacial score (nSPS) is 22.8. The summed E-state index contributed by atoms with van der Waals surface area (Å²) in [5.41, 5.74) is 0.550. The fourth-order valence-electron chi connectivity index (χ4n) is 5.18. The number of fused-ring (bicyclic) bond motifs is 2. The summed E-state index contributed by atoms with van der Waals surface area (Å²) in [6.45, 7) is 24.8.